The summed E-state index contributed by atoms with van der Waals surface area (Å²) in [5.41, 5.74) is -0.214. The Labute approximate surface area is 97.5 Å². The molecule has 1 aliphatic rings. The SMILES string of the molecule is O=C(NCC(O)C1CC1)c1ccc(F)cc1F. The number of aliphatic hydroxyl groups excluding tert-OH is 1. The molecule has 1 aromatic carbocycles. The molecular weight excluding hydrogens is 228 g/mol. The summed E-state index contributed by atoms with van der Waals surface area (Å²) in [6, 6.07) is 2.77. The second kappa shape index (κ2) is 4.79. The van der Waals surface area contributed by atoms with Gasteiger partial charge in [-0.15, -0.1) is 0 Å². The van der Waals surface area contributed by atoms with Crippen molar-refractivity contribution < 1.29 is 18.7 Å². The van der Waals surface area contributed by atoms with Gasteiger partial charge in [-0.25, -0.2) is 8.78 Å². The van der Waals surface area contributed by atoms with Crippen molar-refractivity contribution in [1.29, 1.82) is 0 Å². The van der Waals surface area contributed by atoms with Crippen LogP contribution in [0.2, 0.25) is 0 Å². The summed E-state index contributed by atoms with van der Waals surface area (Å²) in [6.45, 7) is 0.0975. The van der Waals surface area contributed by atoms with Crippen LogP contribution in [0.4, 0.5) is 8.78 Å². The molecule has 1 unspecified atom stereocenters. The molecule has 1 atom stereocenters. The summed E-state index contributed by atoms with van der Waals surface area (Å²) in [5, 5.41) is 12.0. The summed E-state index contributed by atoms with van der Waals surface area (Å²) in [6.07, 6.45) is 1.34. The first-order valence-electron chi connectivity index (χ1n) is 5.49. The zero-order valence-electron chi connectivity index (χ0n) is 9.12. The fraction of sp³-hybridized carbons (Fsp3) is 0.417. The van der Waals surface area contributed by atoms with Gasteiger partial charge in [-0.05, 0) is 30.9 Å². The van der Waals surface area contributed by atoms with E-state index in [4.69, 9.17) is 0 Å². The number of hydrogen-bond donors (Lipinski definition) is 2. The number of hydrogen-bond acceptors (Lipinski definition) is 2. The third-order valence-electron chi connectivity index (χ3n) is 2.81. The highest BCUT2D eigenvalue weighted by Gasteiger charge is 2.29. The zero-order valence-corrected chi connectivity index (χ0v) is 9.12. The number of carbonyl (C=O) groups is 1. The molecule has 1 aliphatic carbocycles. The number of nitrogens with one attached hydrogen (secondary N) is 1. The standard InChI is InChI=1S/C12H13F2NO2/c13-8-3-4-9(10(14)5-8)12(17)15-6-11(16)7-1-2-7/h3-5,7,11,16H,1-2,6H2,(H,15,17). The topological polar surface area (TPSA) is 49.3 Å². The summed E-state index contributed by atoms with van der Waals surface area (Å²) in [4.78, 5) is 11.5. The Bertz CT molecular complexity index is 433. The third-order valence-corrected chi connectivity index (χ3v) is 2.81. The second-order valence-electron chi connectivity index (χ2n) is 4.24. The highest BCUT2D eigenvalue weighted by molar-refractivity contribution is 5.94. The van der Waals surface area contributed by atoms with Gasteiger partial charge in [0.05, 0.1) is 11.7 Å². The molecule has 1 amide bonds. The van der Waals surface area contributed by atoms with Crippen molar-refractivity contribution in [2.75, 3.05) is 6.54 Å². The molecule has 0 radical (unpaired) electrons. The van der Waals surface area contributed by atoms with E-state index in [-0.39, 0.29) is 18.0 Å². The van der Waals surface area contributed by atoms with E-state index in [1.807, 2.05) is 0 Å². The van der Waals surface area contributed by atoms with Crippen LogP contribution in [0.1, 0.15) is 23.2 Å². The number of halogens is 2. The lowest BCUT2D eigenvalue weighted by atomic mass is 10.2. The van der Waals surface area contributed by atoms with E-state index in [0.717, 1.165) is 25.0 Å². The molecule has 92 valence electrons. The number of aliphatic hydroxyl groups is 1. The molecule has 0 aliphatic heterocycles. The van der Waals surface area contributed by atoms with Crippen LogP contribution in [0, 0.1) is 17.6 Å². The Kier molecular flexibility index (Phi) is 3.38. The molecule has 1 fully saturated rings. The molecule has 0 heterocycles. The van der Waals surface area contributed by atoms with Crippen molar-refractivity contribution >= 4 is 5.91 Å². The minimum Gasteiger partial charge on any atom is -0.391 e. The highest BCUT2D eigenvalue weighted by atomic mass is 19.1. The molecule has 2 rings (SSSR count). The van der Waals surface area contributed by atoms with E-state index in [1.165, 1.54) is 0 Å². The monoisotopic (exact) mass is 241 g/mol. The van der Waals surface area contributed by atoms with Crippen molar-refractivity contribution in [1.82, 2.24) is 5.32 Å². The normalized spacial score (nSPS) is 16.6. The summed E-state index contributed by atoms with van der Waals surface area (Å²) in [5.74, 6) is -2.02. The Balaban J connectivity index is 1.94. The van der Waals surface area contributed by atoms with Crippen LogP contribution in [-0.2, 0) is 0 Å². The van der Waals surface area contributed by atoms with Gasteiger partial charge in [0.15, 0.2) is 0 Å². The van der Waals surface area contributed by atoms with Crippen LogP contribution >= 0.6 is 0 Å². The van der Waals surface area contributed by atoms with Gasteiger partial charge in [-0.2, -0.15) is 0 Å². The lowest BCUT2D eigenvalue weighted by Crippen LogP contribution is -2.33. The highest BCUT2D eigenvalue weighted by Crippen LogP contribution is 2.32. The van der Waals surface area contributed by atoms with Crippen molar-refractivity contribution in [3.63, 3.8) is 0 Å². The first-order chi connectivity index (χ1) is 8.08. The first kappa shape index (κ1) is 12.0. The molecule has 5 heteroatoms. The maximum atomic E-state index is 13.2. The second-order valence-corrected chi connectivity index (χ2v) is 4.24. The van der Waals surface area contributed by atoms with E-state index in [9.17, 15) is 18.7 Å². The largest absolute Gasteiger partial charge is 0.391 e. The summed E-state index contributed by atoms with van der Waals surface area (Å²) >= 11 is 0. The Morgan fingerprint density at radius 1 is 1.47 bits per heavy atom. The van der Waals surface area contributed by atoms with E-state index in [1.54, 1.807) is 0 Å². The van der Waals surface area contributed by atoms with Gasteiger partial charge >= 0.3 is 0 Å². The smallest absolute Gasteiger partial charge is 0.254 e. The van der Waals surface area contributed by atoms with E-state index < -0.39 is 23.6 Å². The maximum absolute atomic E-state index is 13.2. The van der Waals surface area contributed by atoms with Gasteiger partial charge in [0, 0.05) is 12.6 Å². The first-order valence-corrected chi connectivity index (χ1v) is 5.49. The molecule has 0 aromatic heterocycles. The average Bonchev–Trinajstić information content (AvgIpc) is 3.09. The Hall–Kier alpha value is -1.49. The van der Waals surface area contributed by atoms with E-state index in [0.29, 0.717) is 6.07 Å². The van der Waals surface area contributed by atoms with E-state index in [2.05, 4.69) is 5.32 Å². The summed E-state index contributed by atoms with van der Waals surface area (Å²) < 4.78 is 25.9. The van der Waals surface area contributed by atoms with Gasteiger partial charge in [-0.3, -0.25) is 4.79 Å². The number of rotatable bonds is 4. The molecule has 1 saturated carbocycles. The maximum Gasteiger partial charge on any atom is 0.254 e. The minimum absolute atomic E-state index is 0.0975. The lowest BCUT2D eigenvalue weighted by molar-refractivity contribution is 0.0897. The minimum atomic E-state index is -0.900. The average molecular weight is 241 g/mol. The molecule has 1 aromatic rings. The van der Waals surface area contributed by atoms with Crippen LogP contribution < -0.4 is 5.32 Å². The van der Waals surface area contributed by atoms with Gasteiger partial charge in [-0.1, -0.05) is 0 Å². The summed E-state index contributed by atoms with van der Waals surface area (Å²) in [7, 11) is 0. The molecule has 0 bridgehead atoms. The van der Waals surface area contributed by atoms with Gasteiger partial charge in [0.1, 0.15) is 11.6 Å². The van der Waals surface area contributed by atoms with Crippen LogP contribution in [-0.4, -0.2) is 23.7 Å². The van der Waals surface area contributed by atoms with Crippen molar-refractivity contribution in [2.24, 2.45) is 5.92 Å². The van der Waals surface area contributed by atoms with Gasteiger partial charge < -0.3 is 10.4 Å². The van der Waals surface area contributed by atoms with Crippen molar-refractivity contribution in [3.05, 3.63) is 35.4 Å². The van der Waals surface area contributed by atoms with Crippen molar-refractivity contribution in [3.8, 4) is 0 Å². The third kappa shape index (κ3) is 3.00. The number of carbonyl (C=O) groups excluding carboxylic acids is 1. The molecule has 0 saturated heterocycles. The van der Waals surface area contributed by atoms with Gasteiger partial charge in [0.25, 0.3) is 5.91 Å². The van der Waals surface area contributed by atoms with E-state index >= 15 is 0 Å². The Morgan fingerprint density at radius 3 is 2.76 bits per heavy atom. The number of amides is 1. The van der Waals surface area contributed by atoms with Crippen LogP contribution in [0.15, 0.2) is 18.2 Å². The zero-order chi connectivity index (χ0) is 12.4. The van der Waals surface area contributed by atoms with Crippen LogP contribution in [0.3, 0.4) is 0 Å². The fourth-order valence-electron chi connectivity index (χ4n) is 1.61. The predicted molar refractivity (Wildman–Crippen MR) is 57.4 cm³/mol. The Morgan fingerprint density at radius 2 is 2.18 bits per heavy atom. The van der Waals surface area contributed by atoms with Crippen molar-refractivity contribution in [2.45, 2.75) is 18.9 Å². The van der Waals surface area contributed by atoms with Crippen LogP contribution in [0.25, 0.3) is 0 Å². The predicted octanol–water partition coefficient (Wildman–Crippen LogP) is 1.47. The molecule has 0 spiro atoms. The molecular formula is C12H13F2NO2. The van der Waals surface area contributed by atoms with Gasteiger partial charge in [0.2, 0.25) is 0 Å². The molecule has 17 heavy (non-hydrogen) atoms. The molecule has 2 N–H and O–H groups in total. The molecule has 3 nitrogen and oxygen atoms in total. The quantitative estimate of drug-likeness (QED) is 0.838. The lowest BCUT2D eigenvalue weighted by Gasteiger charge is -2.10. The van der Waals surface area contributed by atoms with Crippen LogP contribution in [0.5, 0.6) is 0 Å². The number of benzene rings is 1. The fourth-order valence-corrected chi connectivity index (χ4v) is 1.61.